The number of likely N-dealkylation sites (tertiary alicyclic amines) is 1. The first-order valence-corrected chi connectivity index (χ1v) is 8.99. The van der Waals surface area contributed by atoms with E-state index in [0.29, 0.717) is 6.04 Å². The number of aromatic nitrogens is 1. The van der Waals surface area contributed by atoms with E-state index in [0.717, 1.165) is 24.0 Å². The summed E-state index contributed by atoms with van der Waals surface area (Å²) >= 11 is 0. The Labute approximate surface area is 139 Å². The van der Waals surface area contributed by atoms with Crippen molar-refractivity contribution in [3.63, 3.8) is 0 Å². The zero-order chi connectivity index (χ0) is 16.1. The predicted molar refractivity (Wildman–Crippen MR) is 93.3 cm³/mol. The normalized spacial score (nSPS) is 23.6. The molecule has 1 saturated carbocycles. The summed E-state index contributed by atoms with van der Waals surface area (Å²) in [7, 11) is 0. The Kier molecular flexibility index (Phi) is 5.65. The lowest BCUT2D eigenvalue weighted by molar-refractivity contribution is 0.124. The minimum Gasteiger partial charge on any atom is -0.366 e. The smallest absolute Gasteiger partial charge is 0.126 e. The van der Waals surface area contributed by atoms with Crippen molar-refractivity contribution in [1.82, 2.24) is 9.88 Å². The van der Waals surface area contributed by atoms with Crippen LogP contribution in [0.3, 0.4) is 0 Å². The number of rotatable bonds is 5. The zero-order valence-electron chi connectivity index (χ0n) is 13.9. The summed E-state index contributed by atoms with van der Waals surface area (Å²) < 4.78 is 12.8. The van der Waals surface area contributed by atoms with Gasteiger partial charge in [0.15, 0.2) is 0 Å². The van der Waals surface area contributed by atoms with E-state index in [1.807, 2.05) is 12.1 Å². The van der Waals surface area contributed by atoms with Crippen molar-refractivity contribution < 1.29 is 4.39 Å². The van der Waals surface area contributed by atoms with E-state index in [4.69, 9.17) is 0 Å². The standard InChI is InChI=1S/C19H28FN3/c1-15(20)12-16-9-10-19(21-13-16)22-17-6-5-11-23(14-17)18-7-3-2-4-8-18/h9-10,13,17-18H,1-8,11-12,14H2,(H,21,22)/t17-/m1/s1. The Morgan fingerprint density at radius 3 is 2.74 bits per heavy atom. The van der Waals surface area contributed by atoms with Gasteiger partial charge in [-0.3, -0.25) is 4.90 Å². The van der Waals surface area contributed by atoms with Crippen LogP contribution >= 0.6 is 0 Å². The molecular weight excluding hydrogens is 289 g/mol. The van der Waals surface area contributed by atoms with Gasteiger partial charge in [-0.2, -0.15) is 0 Å². The van der Waals surface area contributed by atoms with Crippen LogP contribution in [0, 0.1) is 0 Å². The van der Waals surface area contributed by atoms with Gasteiger partial charge < -0.3 is 5.32 Å². The van der Waals surface area contributed by atoms with Gasteiger partial charge in [-0.15, -0.1) is 0 Å². The quantitative estimate of drug-likeness (QED) is 0.877. The van der Waals surface area contributed by atoms with E-state index in [1.54, 1.807) is 6.20 Å². The second-order valence-electron chi connectivity index (χ2n) is 7.02. The maximum Gasteiger partial charge on any atom is 0.126 e. The van der Waals surface area contributed by atoms with Gasteiger partial charge in [0.25, 0.3) is 0 Å². The third kappa shape index (κ3) is 4.77. The molecule has 2 heterocycles. The van der Waals surface area contributed by atoms with Crippen LogP contribution in [0.4, 0.5) is 10.2 Å². The number of nitrogens with one attached hydrogen (secondary N) is 1. The average molecular weight is 317 g/mol. The largest absolute Gasteiger partial charge is 0.366 e. The molecule has 1 aromatic rings. The highest BCUT2D eigenvalue weighted by Crippen LogP contribution is 2.26. The number of nitrogens with zero attached hydrogens (tertiary/aromatic N) is 2. The fourth-order valence-electron chi connectivity index (χ4n) is 3.95. The van der Waals surface area contributed by atoms with Crippen molar-refractivity contribution >= 4 is 5.82 Å². The van der Waals surface area contributed by atoms with Crippen LogP contribution in [0.15, 0.2) is 30.7 Å². The van der Waals surface area contributed by atoms with E-state index >= 15 is 0 Å². The summed E-state index contributed by atoms with van der Waals surface area (Å²) in [6.07, 6.45) is 11.4. The Bertz CT molecular complexity index is 508. The minimum atomic E-state index is -0.317. The monoisotopic (exact) mass is 317 g/mol. The topological polar surface area (TPSA) is 28.2 Å². The van der Waals surface area contributed by atoms with Crippen molar-refractivity contribution in [2.75, 3.05) is 18.4 Å². The zero-order valence-corrected chi connectivity index (χ0v) is 13.9. The van der Waals surface area contributed by atoms with Gasteiger partial charge in [0.1, 0.15) is 5.82 Å². The van der Waals surface area contributed by atoms with Crippen LogP contribution in [0.25, 0.3) is 0 Å². The first kappa shape index (κ1) is 16.4. The average Bonchev–Trinajstić information content (AvgIpc) is 2.57. The van der Waals surface area contributed by atoms with Crippen molar-refractivity contribution in [2.24, 2.45) is 0 Å². The Hall–Kier alpha value is -1.42. The fraction of sp³-hybridized carbons (Fsp3) is 0.632. The highest BCUT2D eigenvalue weighted by molar-refractivity contribution is 5.37. The summed E-state index contributed by atoms with van der Waals surface area (Å²) in [5.74, 6) is 0.580. The SMILES string of the molecule is C=C(F)Cc1ccc(N[C@@H]2CCCN(C3CCCCC3)C2)nc1. The van der Waals surface area contributed by atoms with Crippen LogP contribution in [-0.4, -0.2) is 35.1 Å². The maximum atomic E-state index is 12.8. The molecule has 1 aliphatic heterocycles. The Morgan fingerprint density at radius 2 is 2.04 bits per heavy atom. The first-order valence-electron chi connectivity index (χ1n) is 8.99. The lowest BCUT2D eigenvalue weighted by Crippen LogP contribution is -2.47. The summed E-state index contributed by atoms with van der Waals surface area (Å²) in [6.45, 7) is 5.67. The van der Waals surface area contributed by atoms with E-state index in [-0.39, 0.29) is 12.2 Å². The first-order chi connectivity index (χ1) is 11.2. The molecule has 2 fully saturated rings. The molecule has 3 rings (SSSR count). The molecule has 23 heavy (non-hydrogen) atoms. The molecule has 126 valence electrons. The lowest BCUT2D eigenvalue weighted by Gasteiger charge is -2.40. The van der Waals surface area contributed by atoms with Crippen LogP contribution in [-0.2, 0) is 6.42 Å². The fourth-order valence-corrected chi connectivity index (χ4v) is 3.95. The van der Waals surface area contributed by atoms with Crippen LogP contribution < -0.4 is 5.32 Å². The number of anilines is 1. The molecule has 1 saturated heterocycles. The number of pyridine rings is 1. The number of hydrogen-bond donors (Lipinski definition) is 1. The molecule has 1 atom stereocenters. The molecule has 0 unspecified atom stereocenters. The summed E-state index contributed by atoms with van der Waals surface area (Å²) in [6, 6.07) is 5.15. The number of allylic oxidation sites excluding steroid dienone is 1. The highest BCUT2D eigenvalue weighted by Gasteiger charge is 2.26. The predicted octanol–water partition coefficient (Wildman–Crippen LogP) is 4.32. The Balaban J connectivity index is 1.53. The summed E-state index contributed by atoms with van der Waals surface area (Å²) in [5.41, 5.74) is 0.871. The van der Waals surface area contributed by atoms with Crippen molar-refractivity contribution in [3.05, 3.63) is 36.3 Å². The van der Waals surface area contributed by atoms with E-state index < -0.39 is 0 Å². The van der Waals surface area contributed by atoms with Gasteiger partial charge in [0.05, 0.1) is 5.83 Å². The molecule has 1 aromatic heterocycles. The van der Waals surface area contributed by atoms with E-state index in [9.17, 15) is 4.39 Å². The van der Waals surface area contributed by atoms with Crippen molar-refractivity contribution in [2.45, 2.75) is 63.5 Å². The van der Waals surface area contributed by atoms with Gasteiger partial charge in [-0.25, -0.2) is 9.37 Å². The molecule has 0 bridgehead atoms. The maximum absolute atomic E-state index is 12.8. The van der Waals surface area contributed by atoms with Crippen LogP contribution in [0.2, 0.25) is 0 Å². The number of hydrogen-bond acceptors (Lipinski definition) is 3. The third-order valence-electron chi connectivity index (χ3n) is 5.12. The minimum absolute atomic E-state index is 0.256. The molecule has 3 nitrogen and oxygen atoms in total. The summed E-state index contributed by atoms with van der Waals surface area (Å²) in [4.78, 5) is 7.11. The third-order valence-corrected chi connectivity index (χ3v) is 5.12. The van der Waals surface area contributed by atoms with Crippen LogP contribution in [0.1, 0.15) is 50.5 Å². The molecule has 0 radical (unpaired) electrons. The number of piperidine rings is 1. The van der Waals surface area contributed by atoms with Gasteiger partial charge in [0, 0.05) is 31.2 Å². The van der Waals surface area contributed by atoms with Gasteiger partial charge in [-0.05, 0) is 43.9 Å². The van der Waals surface area contributed by atoms with Gasteiger partial charge in [-0.1, -0.05) is 31.9 Å². The molecule has 1 N–H and O–H groups in total. The van der Waals surface area contributed by atoms with Crippen LogP contribution in [0.5, 0.6) is 0 Å². The Morgan fingerprint density at radius 1 is 1.22 bits per heavy atom. The lowest BCUT2D eigenvalue weighted by atomic mass is 9.92. The highest BCUT2D eigenvalue weighted by atomic mass is 19.1. The molecule has 2 aliphatic rings. The second-order valence-corrected chi connectivity index (χ2v) is 7.02. The van der Waals surface area contributed by atoms with Gasteiger partial charge >= 0.3 is 0 Å². The van der Waals surface area contributed by atoms with Crippen molar-refractivity contribution in [1.29, 1.82) is 0 Å². The van der Waals surface area contributed by atoms with Crippen molar-refractivity contribution in [3.8, 4) is 0 Å². The van der Waals surface area contributed by atoms with E-state index in [2.05, 4.69) is 21.8 Å². The molecule has 0 amide bonds. The molecule has 4 heteroatoms. The molecule has 0 spiro atoms. The molecular formula is C19H28FN3. The van der Waals surface area contributed by atoms with Gasteiger partial charge in [0.2, 0.25) is 0 Å². The molecule has 1 aliphatic carbocycles. The van der Waals surface area contributed by atoms with E-state index in [1.165, 1.54) is 51.5 Å². The number of halogens is 1. The summed E-state index contributed by atoms with van der Waals surface area (Å²) in [5, 5.41) is 3.56. The molecule has 0 aromatic carbocycles. The second kappa shape index (κ2) is 7.91.